The number of halogens is 2. The Hall–Kier alpha value is -0.940. The van der Waals surface area contributed by atoms with Crippen molar-refractivity contribution in [1.82, 2.24) is 4.90 Å². The lowest BCUT2D eigenvalue weighted by atomic mass is 10.2. The van der Waals surface area contributed by atoms with Gasteiger partial charge in [-0.1, -0.05) is 15.9 Å². The van der Waals surface area contributed by atoms with Crippen LogP contribution in [0.2, 0.25) is 0 Å². The Morgan fingerprint density at radius 2 is 2.26 bits per heavy atom. The van der Waals surface area contributed by atoms with Crippen molar-refractivity contribution >= 4 is 27.5 Å². The number of anilines is 1. The second kappa shape index (κ2) is 5.21. The van der Waals surface area contributed by atoms with E-state index < -0.39 is 6.17 Å². The number of fused-ring (bicyclic) bond motifs is 1. The van der Waals surface area contributed by atoms with Crippen molar-refractivity contribution in [3.63, 3.8) is 0 Å². The van der Waals surface area contributed by atoms with E-state index in [1.54, 1.807) is 0 Å². The first-order chi connectivity index (χ1) is 9.13. The fraction of sp³-hybridized carbons (Fsp3) is 0.500. The van der Waals surface area contributed by atoms with Gasteiger partial charge in [-0.15, -0.1) is 0 Å². The molecule has 5 heteroatoms. The Morgan fingerprint density at radius 1 is 1.42 bits per heavy atom. The molecule has 1 fully saturated rings. The summed E-state index contributed by atoms with van der Waals surface area (Å²) in [4.78, 5) is 16.0. The van der Waals surface area contributed by atoms with Gasteiger partial charge < -0.3 is 4.90 Å². The molecule has 2 aliphatic heterocycles. The Labute approximate surface area is 120 Å². The van der Waals surface area contributed by atoms with Crippen LogP contribution in [0.15, 0.2) is 22.7 Å². The molecule has 0 spiro atoms. The van der Waals surface area contributed by atoms with Crippen LogP contribution in [0.4, 0.5) is 10.1 Å². The van der Waals surface area contributed by atoms with Crippen molar-refractivity contribution in [1.29, 1.82) is 0 Å². The number of amides is 1. The molecule has 1 aromatic rings. The summed E-state index contributed by atoms with van der Waals surface area (Å²) in [5.41, 5.74) is 2.21. The summed E-state index contributed by atoms with van der Waals surface area (Å²) < 4.78 is 14.2. The van der Waals surface area contributed by atoms with E-state index in [0.29, 0.717) is 26.1 Å². The number of likely N-dealkylation sites (tertiary alicyclic amines) is 1. The van der Waals surface area contributed by atoms with Gasteiger partial charge in [-0.2, -0.15) is 0 Å². The zero-order valence-electron chi connectivity index (χ0n) is 10.6. The van der Waals surface area contributed by atoms with Gasteiger partial charge in [-0.25, -0.2) is 4.39 Å². The summed E-state index contributed by atoms with van der Waals surface area (Å²) >= 11 is 3.45. The number of benzene rings is 1. The zero-order valence-corrected chi connectivity index (χ0v) is 12.2. The van der Waals surface area contributed by atoms with Gasteiger partial charge >= 0.3 is 0 Å². The molecule has 0 N–H and O–H groups in total. The molecule has 0 saturated carbocycles. The fourth-order valence-corrected chi connectivity index (χ4v) is 3.24. The lowest BCUT2D eigenvalue weighted by molar-refractivity contribution is -0.119. The lowest BCUT2D eigenvalue weighted by Crippen LogP contribution is -2.38. The lowest BCUT2D eigenvalue weighted by Gasteiger charge is -2.21. The molecular weight excluding hydrogens is 311 g/mol. The maximum absolute atomic E-state index is 13.1. The van der Waals surface area contributed by atoms with E-state index in [9.17, 15) is 9.18 Å². The van der Waals surface area contributed by atoms with Crippen molar-refractivity contribution in [3.05, 3.63) is 28.2 Å². The van der Waals surface area contributed by atoms with Crippen LogP contribution in [0.25, 0.3) is 0 Å². The van der Waals surface area contributed by atoms with E-state index in [1.807, 2.05) is 21.9 Å². The van der Waals surface area contributed by atoms with Crippen LogP contribution >= 0.6 is 15.9 Å². The van der Waals surface area contributed by atoms with Crippen molar-refractivity contribution in [2.24, 2.45) is 0 Å². The van der Waals surface area contributed by atoms with Crippen LogP contribution in [-0.2, 0) is 11.2 Å². The number of hydrogen-bond donors (Lipinski definition) is 0. The fourth-order valence-electron chi connectivity index (χ4n) is 2.84. The topological polar surface area (TPSA) is 23.6 Å². The second-order valence-corrected chi connectivity index (χ2v) is 6.11. The summed E-state index contributed by atoms with van der Waals surface area (Å²) in [5.74, 6) is 0.0789. The van der Waals surface area contributed by atoms with Crippen LogP contribution < -0.4 is 4.90 Å². The molecule has 0 aliphatic carbocycles. The van der Waals surface area contributed by atoms with Gasteiger partial charge in [-0.3, -0.25) is 9.69 Å². The molecule has 3 nitrogen and oxygen atoms in total. The molecule has 0 radical (unpaired) electrons. The Bertz CT molecular complexity index is 508. The maximum Gasteiger partial charge on any atom is 0.241 e. The monoisotopic (exact) mass is 326 g/mol. The predicted octanol–water partition coefficient (Wildman–Crippen LogP) is 2.38. The van der Waals surface area contributed by atoms with Crippen molar-refractivity contribution in [2.45, 2.75) is 19.0 Å². The number of carbonyl (C=O) groups excluding carboxylic acids is 1. The summed E-state index contributed by atoms with van der Waals surface area (Å²) in [6.45, 7) is 2.15. The standard InChI is InChI=1S/C14H16BrFN2O/c15-11-1-2-13-10(7-11)3-6-18(13)14(19)9-17-5-4-12(16)8-17/h1-2,7,12H,3-6,8-9H2. The third kappa shape index (κ3) is 2.67. The zero-order chi connectivity index (χ0) is 13.4. The average molecular weight is 327 g/mol. The number of carbonyl (C=O) groups is 1. The van der Waals surface area contributed by atoms with Gasteiger partial charge in [0, 0.05) is 29.8 Å². The first kappa shape index (κ1) is 13.1. The minimum atomic E-state index is -0.769. The molecule has 0 aromatic heterocycles. The van der Waals surface area contributed by atoms with Gasteiger partial charge in [0.05, 0.1) is 6.54 Å². The Balaban J connectivity index is 1.69. The molecule has 2 aliphatic rings. The number of nitrogens with zero attached hydrogens (tertiary/aromatic N) is 2. The largest absolute Gasteiger partial charge is 0.311 e. The highest BCUT2D eigenvalue weighted by molar-refractivity contribution is 9.10. The normalized spacial score (nSPS) is 22.8. The van der Waals surface area contributed by atoms with Gasteiger partial charge in [0.25, 0.3) is 0 Å². The van der Waals surface area contributed by atoms with E-state index >= 15 is 0 Å². The molecule has 2 heterocycles. The summed E-state index contributed by atoms with van der Waals surface area (Å²) in [6.07, 6.45) is 0.679. The predicted molar refractivity (Wildman–Crippen MR) is 76.2 cm³/mol. The highest BCUT2D eigenvalue weighted by Crippen LogP contribution is 2.30. The molecule has 19 heavy (non-hydrogen) atoms. The van der Waals surface area contributed by atoms with Crippen molar-refractivity contribution in [2.75, 3.05) is 31.1 Å². The first-order valence-electron chi connectivity index (χ1n) is 6.59. The molecule has 0 bridgehead atoms. The van der Waals surface area contributed by atoms with E-state index in [1.165, 1.54) is 5.56 Å². The van der Waals surface area contributed by atoms with Crippen LogP contribution in [0, 0.1) is 0 Å². The highest BCUT2D eigenvalue weighted by Gasteiger charge is 2.29. The molecule has 1 unspecified atom stereocenters. The molecule has 1 atom stereocenters. The minimum absolute atomic E-state index is 0.0789. The van der Waals surface area contributed by atoms with E-state index in [-0.39, 0.29) is 5.91 Å². The third-order valence-corrected chi connectivity index (χ3v) is 4.31. The van der Waals surface area contributed by atoms with Crippen LogP contribution in [0.5, 0.6) is 0 Å². The van der Waals surface area contributed by atoms with Gasteiger partial charge in [0.15, 0.2) is 0 Å². The van der Waals surface area contributed by atoms with E-state index in [2.05, 4.69) is 22.0 Å². The van der Waals surface area contributed by atoms with Crippen molar-refractivity contribution in [3.8, 4) is 0 Å². The van der Waals surface area contributed by atoms with Gasteiger partial charge in [-0.05, 0) is 36.6 Å². The highest BCUT2D eigenvalue weighted by atomic mass is 79.9. The average Bonchev–Trinajstić information content (AvgIpc) is 2.95. The van der Waals surface area contributed by atoms with E-state index in [0.717, 1.165) is 23.1 Å². The Morgan fingerprint density at radius 3 is 3.00 bits per heavy atom. The van der Waals surface area contributed by atoms with Crippen LogP contribution in [0.1, 0.15) is 12.0 Å². The maximum atomic E-state index is 13.1. The van der Waals surface area contributed by atoms with Gasteiger partial charge in [0.2, 0.25) is 5.91 Å². The molecular formula is C14H16BrFN2O. The molecule has 102 valence electrons. The number of alkyl halides is 1. The quantitative estimate of drug-likeness (QED) is 0.833. The van der Waals surface area contributed by atoms with Crippen LogP contribution in [0.3, 0.4) is 0 Å². The minimum Gasteiger partial charge on any atom is -0.311 e. The molecule has 1 amide bonds. The SMILES string of the molecule is O=C(CN1CCC(F)C1)N1CCc2cc(Br)ccc21. The van der Waals surface area contributed by atoms with Gasteiger partial charge in [0.1, 0.15) is 6.17 Å². The summed E-state index contributed by atoms with van der Waals surface area (Å²) in [7, 11) is 0. The number of rotatable bonds is 2. The summed E-state index contributed by atoms with van der Waals surface area (Å²) in [6, 6.07) is 6.00. The smallest absolute Gasteiger partial charge is 0.241 e. The second-order valence-electron chi connectivity index (χ2n) is 5.19. The first-order valence-corrected chi connectivity index (χ1v) is 7.38. The third-order valence-electron chi connectivity index (χ3n) is 3.81. The van der Waals surface area contributed by atoms with Crippen molar-refractivity contribution < 1.29 is 9.18 Å². The molecule has 1 saturated heterocycles. The summed E-state index contributed by atoms with van der Waals surface area (Å²) in [5, 5.41) is 0. The Kier molecular flexibility index (Phi) is 3.58. The molecule has 3 rings (SSSR count). The number of hydrogen-bond acceptors (Lipinski definition) is 2. The molecule has 1 aromatic carbocycles. The van der Waals surface area contributed by atoms with E-state index in [4.69, 9.17) is 0 Å². The van der Waals surface area contributed by atoms with Crippen LogP contribution in [-0.4, -0.2) is 43.2 Å².